The molecule has 1 aliphatic rings. The summed E-state index contributed by atoms with van der Waals surface area (Å²) in [6.45, 7) is 3.31. The summed E-state index contributed by atoms with van der Waals surface area (Å²) >= 11 is 1.24. The molecule has 0 radical (unpaired) electrons. The van der Waals surface area contributed by atoms with Gasteiger partial charge in [-0.25, -0.2) is 8.42 Å². The number of thiophene rings is 1. The summed E-state index contributed by atoms with van der Waals surface area (Å²) in [5.74, 6) is 0.0605. The predicted molar refractivity (Wildman–Crippen MR) is 101 cm³/mol. The van der Waals surface area contributed by atoms with Crippen molar-refractivity contribution in [2.45, 2.75) is 30.5 Å². The molecule has 1 unspecified atom stereocenters. The number of pyridine rings is 1. The van der Waals surface area contributed by atoms with Crippen molar-refractivity contribution >= 4 is 27.3 Å². The van der Waals surface area contributed by atoms with E-state index in [0.717, 1.165) is 5.56 Å². The zero-order valence-electron chi connectivity index (χ0n) is 14.7. The molecule has 26 heavy (non-hydrogen) atoms. The van der Waals surface area contributed by atoms with Crippen molar-refractivity contribution in [2.75, 3.05) is 13.1 Å². The molecule has 0 spiro atoms. The molecule has 1 amide bonds. The predicted octanol–water partition coefficient (Wildman–Crippen LogP) is 2.50. The quantitative estimate of drug-likeness (QED) is 0.818. The zero-order chi connectivity index (χ0) is 18.6. The van der Waals surface area contributed by atoms with Crippen LogP contribution >= 0.6 is 11.3 Å². The Morgan fingerprint density at radius 1 is 1.35 bits per heavy atom. The fraction of sp³-hybridized carbons (Fsp3) is 0.444. The van der Waals surface area contributed by atoms with E-state index in [2.05, 4.69) is 10.3 Å². The highest BCUT2D eigenvalue weighted by molar-refractivity contribution is 7.91. The van der Waals surface area contributed by atoms with E-state index in [4.69, 9.17) is 0 Å². The summed E-state index contributed by atoms with van der Waals surface area (Å²) in [5, 5.41) is 4.72. The van der Waals surface area contributed by atoms with Crippen molar-refractivity contribution in [3.05, 3.63) is 47.6 Å². The standard InChI is InChI=1S/C18H23N3O3S2/c1-14(18(22)20-13-15-4-2-8-19-12-15)16-6-9-21(10-7-16)26(23,24)17-5-3-11-25-17/h2-5,8,11-12,14,16H,6-7,9-10,13H2,1H3,(H,20,22). The number of carbonyl (C=O) groups is 1. The molecule has 0 saturated carbocycles. The maximum atomic E-state index is 12.6. The van der Waals surface area contributed by atoms with Crippen LogP contribution in [0.3, 0.4) is 0 Å². The normalized spacial score (nSPS) is 17.7. The lowest BCUT2D eigenvalue weighted by atomic mass is 9.85. The lowest BCUT2D eigenvalue weighted by Crippen LogP contribution is -2.42. The van der Waals surface area contributed by atoms with Crippen molar-refractivity contribution in [3.63, 3.8) is 0 Å². The second-order valence-electron chi connectivity index (χ2n) is 6.54. The summed E-state index contributed by atoms with van der Waals surface area (Å²) in [6, 6.07) is 7.15. The van der Waals surface area contributed by atoms with Crippen LogP contribution in [-0.4, -0.2) is 36.7 Å². The van der Waals surface area contributed by atoms with Gasteiger partial charge in [0.1, 0.15) is 4.21 Å². The van der Waals surface area contributed by atoms with Gasteiger partial charge in [0.2, 0.25) is 5.91 Å². The Morgan fingerprint density at radius 2 is 2.12 bits per heavy atom. The molecule has 140 valence electrons. The highest BCUT2D eigenvalue weighted by Gasteiger charge is 2.33. The Balaban J connectivity index is 1.51. The average Bonchev–Trinajstić information content (AvgIpc) is 3.22. The van der Waals surface area contributed by atoms with E-state index in [-0.39, 0.29) is 17.7 Å². The SMILES string of the molecule is CC(C(=O)NCc1cccnc1)C1CCN(S(=O)(=O)c2cccs2)CC1. The lowest BCUT2D eigenvalue weighted by molar-refractivity contribution is -0.126. The summed E-state index contributed by atoms with van der Waals surface area (Å²) in [6.07, 6.45) is 4.84. The average molecular weight is 394 g/mol. The van der Waals surface area contributed by atoms with Gasteiger partial charge in [-0.15, -0.1) is 11.3 Å². The minimum absolute atomic E-state index is 0.00779. The largest absolute Gasteiger partial charge is 0.352 e. The second-order valence-corrected chi connectivity index (χ2v) is 9.65. The summed E-state index contributed by atoms with van der Waals surface area (Å²) in [4.78, 5) is 16.5. The van der Waals surface area contributed by atoms with E-state index in [9.17, 15) is 13.2 Å². The first-order valence-corrected chi connectivity index (χ1v) is 11.0. The Kier molecular flexibility index (Phi) is 6.05. The minimum Gasteiger partial charge on any atom is -0.352 e. The van der Waals surface area contributed by atoms with Crippen molar-refractivity contribution in [1.29, 1.82) is 0 Å². The van der Waals surface area contributed by atoms with Crippen LogP contribution in [-0.2, 0) is 21.4 Å². The molecule has 1 N–H and O–H groups in total. The number of aromatic nitrogens is 1. The fourth-order valence-corrected chi connectivity index (χ4v) is 5.83. The monoisotopic (exact) mass is 393 g/mol. The molecule has 1 atom stereocenters. The van der Waals surface area contributed by atoms with Gasteiger partial charge >= 0.3 is 0 Å². The third-order valence-electron chi connectivity index (χ3n) is 4.90. The van der Waals surface area contributed by atoms with Gasteiger partial charge in [-0.05, 0) is 41.8 Å². The second kappa shape index (κ2) is 8.28. The zero-order valence-corrected chi connectivity index (χ0v) is 16.3. The number of nitrogens with one attached hydrogen (secondary N) is 1. The third-order valence-corrected chi connectivity index (χ3v) is 8.17. The van der Waals surface area contributed by atoms with Crippen molar-refractivity contribution in [1.82, 2.24) is 14.6 Å². The number of piperidine rings is 1. The summed E-state index contributed by atoms with van der Waals surface area (Å²) in [7, 11) is -3.39. The summed E-state index contributed by atoms with van der Waals surface area (Å²) < 4.78 is 27.1. The molecular weight excluding hydrogens is 370 g/mol. The van der Waals surface area contributed by atoms with Gasteiger partial charge in [-0.2, -0.15) is 4.31 Å². The number of sulfonamides is 1. The summed E-state index contributed by atoms with van der Waals surface area (Å²) in [5.41, 5.74) is 0.963. The molecule has 2 aromatic rings. The van der Waals surface area contributed by atoms with E-state index >= 15 is 0 Å². The Bertz CT molecular complexity index is 815. The van der Waals surface area contributed by atoms with Gasteiger partial charge in [0.05, 0.1) is 0 Å². The van der Waals surface area contributed by atoms with Gasteiger partial charge in [0, 0.05) is 37.9 Å². The maximum absolute atomic E-state index is 12.6. The van der Waals surface area contributed by atoms with Crippen LogP contribution in [0, 0.1) is 11.8 Å². The topological polar surface area (TPSA) is 79.4 Å². The molecule has 1 fully saturated rings. The van der Waals surface area contributed by atoms with Crippen LogP contribution in [0.25, 0.3) is 0 Å². The van der Waals surface area contributed by atoms with Gasteiger partial charge in [-0.1, -0.05) is 19.1 Å². The third kappa shape index (κ3) is 4.31. The smallest absolute Gasteiger partial charge is 0.252 e. The molecular formula is C18H23N3O3S2. The number of carbonyl (C=O) groups excluding carboxylic acids is 1. The van der Waals surface area contributed by atoms with Crippen LogP contribution in [0.5, 0.6) is 0 Å². The highest BCUT2D eigenvalue weighted by atomic mass is 32.2. The highest BCUT2D eigenvalue weighted by Crippen LogP contribution is 2.29. The van der Waals surface area contributed by atoms with Crippen molar-refractivity contribution in [2.24, 2.45) is 11.8 Å². The van der Waals surface area contributed by atoms with E-state index in [1.807, 2.05) is 19.1 Å². The first-order valence-electron chi connectivity index (χ1n) is 8.69. The van der Waals surface area contributed by atoms with E-state index in [1.54, 1.807) is 29.9 Å². The van der Waals surface area contributed by atoms with Crippen LogP contribution in [0.2, 0.25) is 0 Å². The number of hydrogen-bond acceptors (Lipinski definition) is 5. The van der Waals surface area contributed by atoms with Crippen LogP contribution < -0.4 is 5.32 Å². The van der Waals surface area contributed by atoms with Crippen LogP contribution in [0.4, 0.5) is 0 Å². The molecule has 8 heteroatoms. The molecule has 3 rings (SSSR count). The molecule has 2 aromatic heterocycles. The van der Waals surface area contributed by atoms with Gasteiger partial charge < -0.3 is 5.32 Å². The molecule has 0 aromatic carbocycles. The molecule has 6 nitrogen and oxygen atoms in total. The van der Waals surface area contributed by atoms with Gasteiger partial charge in [0.25, 0.3) is 10.0 Å². The van der Waals surface area contributed by atoms with E-state index in [1.165, 1.54) is 15.6 Å². The first kappa shape index (κ1) is 19.0. The molecule has 0 bridgehead atoms. The number of nitrogens with zero attached hydrogens (tertiary/aromatic N) is 2. The van der Waals surface area contributed by atoms with Crippen molar-refractivity contribution in [3.8, 4) is 0 Å². The minimum atomic E-state index is -3.39. The number of rotatable bonds is 6. The first-order chi connectivity index (χ1) is 12.5. The molecule has 1 aliphatic heterocycles. The Hall–Kier alpha value is -1.77. The molecule has 0 aliphatic carbocycles. The lowest BCUT2D eigenvalue weighted by Gasteiger charge is -2.33. The maximum Gasteiger partial charge on any atom is 0.252 e. The molecule has 1 saturated heterocycles. The van der Waals surface area contributed by atoms with E-state index < -0.39 is 10.0 Å². The van der Waals surface area contributed by atoms with Crippen LogP contribution in [0.1, 0.15) is 25.3 Å². The number of amides is 1. The van der Waals surface area contributed by atoms with Crippen molar-refractivity contribution < 1.29 is 13.2 Å². The Labute approximate surface area is 158 Å². The fourth-order valence-electron chi connectivity index (χ4n) is 3.22. The molecule has 3 heterocycles. The van der Waals surface area contributed by atoms with Crippen LogP contribution in [0.15, 0.2) is 46.2 Å². The van der Waals surface area contributed by atoms with Gasteiger partial charge in [0.15, 0.2) is 0 Å². The van der Waals surface area contributed by atoms with Gasteiger partial charge in [-0.3, -0.25) is 9.78 Å². The van der Waals surface area contributed by atoms with E-state index in [0.29, 0.717) is 36.7 Å². The number of hydrogen-bond donors (Lipinski definition) is 1. The Morgan fingerprint density at radius 3 is 2.73 bits per heavy atom.